The maximum atomic E-state index is 6.97. The molecule has 1 fully saturated rings. The fourth-order valence-corrected chi connectivity index (χ4v) is 9.25. The Morgan fingerprint density at radius 2 is 1.60 bits per heavy atom. The van der Waals surface area contributed by atoms with Crippen molar-refractivity contribution in [1.82, 2.24) is 0 Å². The molecule has 1 saturated heterocycles. The number of benzene rings is 2. The van der Waals surface area contributed by atoms with Gasteiger partial charge in [0, 0.05) is 6.61 Å². The van der Waals surface area contributed by atoms with E-state index in [4.69, 9.17) is 9.16 Å². The molecule has 2 aromatic carbocycles. The van der Waals surface area contributed by atoms with Gasteiger partial charge in [0.2, 0.25) is 0 Å². The zero-order valence-electron chi connectivity index (χ0n) is 18.8. The van der Waals surface area contributed by atoms with Crippen molar-refractivity contribution in [1.29, 1.82) is 0 Å². The Morgan fingerprint density at radius 1 is 1.03 bits per heavy atom. The van der Waals surface area contributed by atoms with Crippen molar-refractivity contribution < 1.29 is 9.16 Å². The Bertz CT molecular complexity index is 783. The summed E-state index contributed by atoms with van der Waals surface area (Å²) in [6, 6.07) is 21.7. The molecule has 0 aliphatic carbocycles. The van der Waals surface area contributed by atoms with E-state index in [0.29, 0.717) is 0 Å². The van der Waals surface area contributed by atoms with Gasteiger partial charge in [-0.1, -0.05) is 94.1 Å². The molecular weight excluding hydrogens is 384 g/mol. The molecular formula is C27H36O2Si. The first-order chi connectivity index (χ1) is 14.4. The second-order valence-corrected chi connectivity index (χ2v) is 13.6. The van der Waals surface area contributed by atoms with Gasteiger partial charge in [-0.2, -0.15) is 0 Å². The van der Waals surface area contributed by atoms with Crippen molar-refractivity contribution in [2.24, 2.45) is 0 Å². The van der Waals surface area contributed by atoms with Crippen molar-refractivity contribution in [3.8, 4) is 0 Å². The van der Waals surface area contributed by atoms with Crippen LogP contribution in [-0.4, -0.2) is 27.1 Å². The molecule has 0 N–H and O–H groups in total. The molecule has 1 aliphatic rings. The molecule has 3 rings (SSSR count). The first kappa shape index (κ1) is 22.7. The van der Waals surface area contributed by atoms with Gasteiger partial charge in [-0.3, -0.25) is 0 Å². The van der Waals surface area contributed by atoms with Crippen molar-refractivity contribution in [3.63, 3.8) is 0 Å². The second kappa shape index (κ2) is 9.91. The summed E-state index contributed by atoms with van der Waals surface area (Å²) in [7, 11) is -2.44. The fourth-order valence-electron chi connectivity index (χ4n) is 4.64. The molecule has 0 aromatic heterocycles. The summed E-state index contributed by atoms with van der Waals surface area (Å²) in [4.78, 5) is 0. The van der Waals surface area contributed by atoms with E-state index >= 15 is 0 Å². The molecule has 1 heterocycles. The van der Waals surface area contributed by atoms with E-state index < -0.39 is 8.32 Å². The van der Waals surface area contributed by atoms with Gasteiger partial charge in [0.25, 0.3) is 8.32 Å². The normalized spacial score (nSPS) is 19.8. The van der Waals surface area contributed by atoms with Crippen LogP contribution in [0.25, 0.3) is 0 Å². The Hall–Kier alpha value is -1.94. The molecule has 2 aromatic rings. The van der Waals surface area contributed by atoms with Gasteiger partial charge < -0.3 is 9.16 Å². The monoisotopic (exact) mass is 420 g/mol. The molecule has 0 saturated carbocycles. The summed E-state index contributed by atoms with van der Waals surface area (Å²) in [5, 5.41) is 2.68. The van der Waals surface area contributed by atoms with Crippen LogP contribution in [0, 0.1) is 0 Å². The molecule has 0 radical (unpaired) electrons. The van der Waals surface area contributed by atoms with Crippen LogP contribution in [0.3, 0.4) is 0 Å². The minimum absolute atomic E-state index is 0.0168. The predicted octanol–water partition coefficient (Wildman–Crippen LogP) is 5.63. The van der Waals surface area contributed by atoms with Crippen LogP contribution in [0.2, 0.25) is 5.04 Å². The molecule has 0 spiro atoms. The summed E-state index contributed by atoms with van der Waals surface area (Å²) in [6.45, 7) is 15.7. The molecule has 1 aliphatic heterocycles. The Balaban J connectivity index is 1.76. The third-order valence-corrected chi connectivity index (χ3v) is 11.1. The molecule has 160 valence electrons. The van der Waals surface area contributed by atoms with E-state index in [0.717, 1.165) is 32.3 Å². The van der Waals surface area contributed by atoms with Gasteiger partial charge in [0.1, 0.15) is 0 Å². The van der Waals surface area contributed by atoms with E-state index in [1.54, 1.807) is 0 Å². The van der Waals surface area contributed by atoms with E-state index in [1.165, 1.54) is 15.9 Å². The predicted molar refractivity (Wildman–Crippen MR) is 130 cm³/mol. The van der Waals surface area contributed by atoms with Gasteiger partial charge in [-0.15, -0.1) is 6.58 Å². The molecule has 3 heteroatoms. The number of hydrogen-bond acceptors (Lipinski definition) is 2. The topological polar surface area (TPSA) is 18.5 Å². The zero-order valence-corrected chi connectivity index (χ0v) is 19.8. The minimum atomic E-state index is -2.44. The van der Waals surface area contributed by atoms with Crippen LogP contribution in [0.4, 0.5) is 0 Å². The summed E-state index contributed by atoms with van der Waals surface area (Å²) < 4.78 is 13.1. The Kier molecular flexibility index (Phi) is 7.51. The molecule has 0 unspecified atom stereocenters. The zero-order chi connectivity index (χ0) is 21.6. The molecule has 2 atom stereocenters. The number of ether oxygens (including phenoxy) is 1. The van der Waals surface area contributed by atoms with Crippen molar-refractivity contribution in [2.75, 3.05) is 6.61 Å². The van der Waals surface area contributed by atoms with Crippen LogP contribution in [0.1, 0.15) is 46.5 Å². The van der Waals surface area contributed by atoms with Crippen LogP contribution in [0.5, 0.6) is 0 Å². The van der Waals surface area contributed by atoms with Crippen LogP contribution >= 0.6 is 0 Å². The van der Waals surface area contributed by atoms with Crippen molar-refractivity contribution >= 4 is 18.7 Å². The highest BCUT2D eigenvalue weighted by molar-refractivity contribution is 6.99. The molecule has 2 nitrogen and oxygen atoms in total. The summed E-state index contributed by atoms with van der Waals surface area (Å²) in [6.07, 6.45) is 6.12. The first-order valence-corrected chi connectivity index (χ1v) is 13.0. The largest absolute Gasteiger partial charge is 0.407 e. The first-order valence-electron chi connectivity index (χ1n) is 11.1. The van der Waals surface area contributed by atoms with Gasteiger partial charge in [-0.25, -0.2) is 0 Å². The van der Waals surface area contributed by atoms with Gasteiger partial charge in [-0.05, 0) is 46.7 Å². The fraction of sp³-hybridized carbons (Fsp3) is 0.407. The second-order valence-electron chi connectivity index (χ2n) is 9.29. The maximum Gasteiger partial charge on any atom is 0.261 e. The van der Waals surface area contributed by atoms with E-state index in [2.05, 4.69) is 94.6 Å². The smallest absolute Gasteiger partial charge is 0.261 e. The number of rotatable bonds is 9. The van der Waals surface area contributed by atoms with Gasteiger partial charge >= 0.3 is 0 Å². The van der Waals surface area contributed by atoms with Crippen LogP contribution < -0.4 is 10.4 Å². The van der Waals surface area contributed by atoms with Gasteiger partial charge in [0.15, 0.2) is 0 Å². The highest BCUT2D eigenvalue weighted by Gasteiger charge is 2.50. The van der Waals surface area contributed by atoms with Crippen LogP contribution in [-0.2, 0) is 9.16 Å². The van der Waals surface area contributed by atoms with E-state index in [1.807, 2.05) is 6.08 Å². The molecule has 30 heavy (non-hydrogen) atoms. The van der Waals surface area contributed by atoms with Crippen LogP contribution in [0.15, 0.2) is 85.5 Å². The van der Waals surface area contributed by atoms with E-state index in [-0.39, 0.29) is 17.2 Å². The highest BCUT2D eigenvalue weighted by atomic mass is 28.4. The lowest BCUT2D eigenvalue weighted by Gasteiger charge is -2.43. The van der Waals surface area contributed by atoms with Gasteiger partial charge in [0.05, 0.1) is 12.2 Å². The number of hydrogen-bond donors (Lipinski definition) is 0. The third kappa shape index (κ3) is 4.85. The average molecular weight is 421 g/mol. The Morgan fingerprint density at radius 3 is 2.10 bits per heavy atom. The third-order valence-electron chi connectivity index (χ3n) is 6.09. The lowest BCUT2D eigenvalue weighted by Crippen LogP contribution is -2.66. The minimum Gasteiger partial charge on any atom is -0.407 e. The average Bonchev–Trinajstić information content (AvgIpc) is 3.08. The highest BCUT2D eigenvalue weighted by Crippen LogP contribution is 2.37. The van der Waals surface area contributed by atoms with E-state index in [9.17, 15) is 0 Å². The maximum absolute atomic E-state index is 6.97. The molecule has 0 amide bonds. The standard InChI is InChI=1S/C27H36O2Si/c1-6-14-26-22(2)21-23(29-26)15-13-20-28-30(27(3,4)5,24-16-9-7-10-17-24)25-18-11-8-12-19-25/h6-12,16-19,23,26H,1-2,13-15,20-21H2,3-5H3/t23-,26-/m0/s1. The summed E-state index contributed by atoms with van der Waals surface area (Å²) in [5.74, 6) is 0. The Labute approximate surface area is 183 Å². The van der Waals surface area contributed by atoms with Crippen molar-refractivity contribution in [2.45, 2.75) is 63.7 Å². The quantitative estimate of drug-likeness (QED) is 0.297. The SMILES string of the molecule is C=CC[C@@H]1O[C@@H](CCCO[Si](c2ccccc2)(c2ccccc2)C(C)(C)C)CC1=C. The molecule has 0 bridgehead atoms. The summed E-state index contributed by atoms with van der Waals surface area (Å²) >= 11 is 0. The van der Waals surface area contributed by atoms with Crippen molar-refractivity contribution in [3.05, 3.63) is 85.5 Å². The summed E-state index contributed by atoms with van der Waals surface area (Å²) in [5.41, 5.74) is 1.20. The lowest BCUT2D eigenvalue weighted by molar-refractivity contribution is 0.0455. The lowest BCUT2D eigenvalue weighted by atomic mass is 10.0.